The van der Waals surface area contributed by atoms with Crippen molar-refractivity contribution in [2.45, 2.75) is 4.90 Å². The van der Waals surface area contributed by atoms with Crippen LogP contribution < -0.4 is 0 Å². The molecule has 115 valence electrons. The Morgan fingerprint density at radius 3 is 2.00 bits per heavy atom. The van der Waals surface area contributed by atoms with Crippen molar-refractivity contribution in [1.29, 1.82) is 0 Å². The van der Waals surface area contributed by atoms with Crippen LogP contribution in [-0.4, -0.2) is 58.7 Å². The van der Waals surface area contributed by atoms with Gasteiger partial charge in [0.2, 0.25) is 0 Å². The minimum absolute atomic E-state index is 0. The van der Waals surface area contributed by atoms with Crippen LogP contribution in [0.1, 0.15) is 10.4 Å². The average molecular weight is 345 g/mol. The van der Waals surface area contributed by atoms with E-state index in [-0.39, 0.29) is 51.5 Å². The number of hydrogen-bond donors (Lipinski definition) is 3. The van der Waals surface area contributed by atoms with Crippen molar-refractivity contribution in [1.82, 2.24) is 0 Å². The van der Waals surface area contributed by atoms with Gasteiger partial charge < -0.3 is 10.2 Å². The van der Waals surface area contributed by atoms with Gasteiger partial charge in [-0.1, -0.05) is 0 Å². The Morgan fingerprint density at radius 2 is 1.48 bits per heavy atom. The number of aromatic hydroxyl groups is 1. The molecule has 23 heavy (non-hydrogen) atoms. The molecule has 0 spiro atoms. The molecule has 8 nitrogen and oxygen atoms in total. The van der Waals surface area contributed by atoms with E-state index in [0.717, 1.165) is 18.2 Å². The molecular weight excluding hydrogens is 335 g/mol. The van der Waals surface area contributed by atoms with Crippen molar-refractivity contribution in [3.8, 4) is 5.75 Å². The summed E-state index contributed by atoms with van der Waals surface area (Å²) in [7, 11) is -4.27. The number of benzene rings is 2. The molecule has 0 fully saturated rings. The second-order valence-electron chi connectivity index (χ2n) is 4.18. The monoisotopic (exact) mass is 345 g/mol. The van der Waals surface area contributed by atoms with Crippen LogP contribution in [-0.2, 0) is 10.1 Å². The SMILES string of the molecule is O=C(O)c1cc(N=Nc2ccc(S(=O)(=O)O)cc2)ccc1O.[Na]. The molecule has 3 N–H and O–H groups in total. The third-order valence-electron chi connectivity index (χ3n) is 2.63. The molecule has 0 heterocycles. The topological polar surface area (TPSA) is 137 Å². The smallest absolute Gasteiger partial charge is 0.339 e. The van der Waals surface area contributed by atoms with E-state index in [1.165, 1.54) is 24.3 Å². The maximum absolute atomic E-state index is 10.9. The van der Waals surface area contributed by atoms with Crippen LogP contribution in [0.15, 0.2) is 57.6 Å². The first kappa shape index (κ1) is 19.3. The van der Waals surface area contributed by atoms with Crippen LogP contribution in [0.3, 0.4) is 0 Å². The molecule has 0 aliphatic carbocycles. The van der Waals surface area contributed by atoms with E-state index in [4.69, 9.17) is 9.66 Å². The Bertz CT molecular complexity index is 849. The van der Waals surface area contributed by atoms with E-state index in [1.807, 2.05) is 0 Å². The van der Waals surface area contributed by atoms with Crippen molar-refractivity contribution >= 4 is 57.0 Å². The summed E-state index contributed by atoms with van der Waals surface area (Å²) in [4.78, 5) is 10.6. The number of carboxylic acids is 1. The summed E-state index contributed by atoms with van der Waals surface area (Å²) in [5.74, 6) is -1.68. The van der Waals surface area contributed by atoms with Gasteiger partial charge >= 0.3 is 5.97 Å². The maximum atomic E-state index is 10.9. The van der Waals surface area contributed by atoms with Gasteiger partial charge in [0.15, 0.2) is 0 Å². The van der Waals surface area contributed by atoms with Gasteiger partial charge in [0.25, 0.3) is 10.1 Å². The molecule has 0 amide bonds. The number of hydrogen-bond acceptors (Lipinski definition) is 6. The van der Waals surface area contributed by atoms with E-state index >= 15 is 0 Å². The minimum Gasteiger partial charge on any atom is -0.507 e. The molecule has 2 rings (SSSR count). The summed E-state index contributed by atoms with van der Waals surface area (Å²) in [6.45, 7) is 0. The van der Waals surface area contributed by atoms with Crippen LogP contribution in [0, 0.1) is 0 Å². The maximum Gasteiger partial charge on any atom is 0.339 e. The van der Waals surface area contributed by atoms with Gasteiger partial charge in [-0.15, -0.1) is 0 Å². The van der Waals surface area contributed by atoms with Crippen molar-refractivity contribution in [3.63, 3.8) is 0 Å². The molecular formula is C13H10N2NaO6S. The zero-order valence-electron chi connectivity index (χ0n) is 11.9. The van der Waals surface area contributed by atoms with Crippen molar-refractivity contribution in [2.24, 2.45) is 10.2 Å². The fourth-order valence-corrected chi connectivity index (χ4v) is 2.04. The zero-order chi connectivity index (χ0) is 16.3. The summed E-state index contributed by atoms with van der Waals surface area (Å²) in [5, 5.41) is 25.8. The molecule has 10 heteroatoms. The number of rotatable bonds is 4. The third kappa shape index (κ3) is 5.12. The molecule has 1 radical (unpaired) electrons. The molecule has 0 atom stereocenters. The summed E-state index contributed by atoms with van der Waals surface area (Å²) in [6.07, 6.45) is 0. The number of phenols is 1. The van der Waals surface area contributed by atoms with Crippen LogP contribution in [0.5, 0.6) is 5.75 Å². The number of carbonyl (C=O) groups is 1. The Kier molecular flexibility index (Phi) is 6.42. The quantitative estimate of drug-likeness (QED) is 0.442. The molecule has 2 aromatic carbocycles. The predicted molar refractivity (Wildman–Crippen MR) is 81.3 cm³/mol. The molecule has 0 aliphatic rings. The second-order valence-corrected chi connectivity index (χ2v) is 5.60. The first-order valence-electron chi connectivity index (χ1n) is 5.83. The average Bonchev–Trinajstić information content (AvgIpc) is 2.45. The zero-order valence-corrected chi connectivity index (χ0v) is 14.7. The van der Waals surface area contributed by atoms with Gasteiger partial charge in [0.05, 0.1) is 16.3 Å². The molecule has 0 unspecified atom stereocenters. The largest absolute Gasteiger partial charge is 0.507 e. The number of azo groups is 1. The van der Waals surface area contributed by atoms with E-state index in [2.05, 4.69) is 10.2 Å². The second kappa shape index (κ2) is 7.66. The summed E-state index contributed by atoms with van der Waals surface area (Å²) in [5.41, 5.74) is 0.199. The van der Waals surface area contributed by atoms with Gasteiger partial charge in [-0.25, -0.2) is 4.79 Å². The fourth-order valence-electron chi connectivity index (χ4n) is 1.56. The van der Waals surface area contributed by atoms with Gasteiger partial charge in [0.1, 0.15) is 11.3 Å². The van der Waals surface area contributed by atoms with E-state index in [9.17, 15) is 18.3 Å². The normalized spacial score (nSPS) is 11.2. The molecule has 0 saturated carbocycles. The molecule has 2 aromatic rings. The van der Waals surface area contributed by atoms with E-state index in [1.54, 1.807) is 0 Å². The number of nitrogens with zero attached hydrogens (tertiary/aromatic N) is 2. The molecule has 0 saturated heterocycles. The number of aromatic carboxylic acids is 1. The molecule has 0 aliphatic heterocycles. The Hall–Kier alpha value is -1.78. The third-order valence-corrected chi connectivity index (χ3v) is 3.49. The Labute approximate surface area is 153 Å². The van der Waals surface area contributed by atoms with E-state index in [0.29, 0.717) is 5.69 Å². The molecule has 0 aromatic heterocycles. The van der Waals surface area contributed by atoms with Crippen LogP contribution >= 0.6 is 0 Å². The van der Waals surface area contributed by atoms with E-state index < -0.39 is 16.1 Å². The number of carboxylic acid groups (broad SMARTS) is 1. The minimum atomic E-state index is -4.27. The summed E-state index contributed by atoms with van der Waals surface area (Å²) in [6, 6.07) is 8.66. The van der Waals surface area contributed by atoms with Crippen molar-refractivity contribution in [2.75, 3.05) is 0 Å². The Morgan fingerprint density at radius 1 is 0.957 bits per heavy atom. The standard InChI is InChI=1S/C13H10N2O6S.Na/c16-12-6-3-9(7-11(12)13(17)18)15-14-8-1-4-10(5-2-8)22(19,20)21;/h1-7,16H,(H,17,18)(H,19,20,21);. The predicted octanol–water partition coefficient (Wildman–Crippen LogP) is 2.37. The Balaban J connectivity index is 0.00000264. The first-order valence-corrected chi connectivity index (χ1v) is 7.27. The molecule has 0 bridgehead atoms. The fraction of sp³-hybridized carbons (Fsp3) is 0. The van der Waals surface area contributed by atoms with Gasteiger partial charge in [-0.2, -0.15) is 18.6 Å². The van der Waals surface area contributed by atoms with Crippen LogP contribution in [0.2, 0.25) is 0 Å². The van der Waals surface area contributed by atoms with Gasteiger partial charge in [0, 0.05) is 29.6 Å². The first-order chi connectivity index (χ1) is 10.3. The van der Waals surface area contributed by atoms with Crippen LogP contribution in [0.25, 0.3) is 0 Å². The van der Waals surface area contributed by atoms with Crippen LogP contribution in [0.4, 0.5) is 11.4 Å². The summed E-state index contributed by atoms with van der Waals surface area (Å²) >= 11 is 0. The van der Waals surface area contributed by atoms with Crippen molar-refractivity contribution < 1.29 is 28.0 Å². The summed E-state index contributed by atoms with van der Waals surface area (Å²) < 4.78 is 30.6. The van der Waals surface area contributed by atoms with Gasteiger partial charge in [-0.05, 0) is 42.5 Å². The van der Waals surface area contributed by atoms with Crippen molar-refractivity contribution in [3.05, 3.63) is 48.0 Å². The van der Waals surface area contributed by atoms with Gasteiger partial charge in [-0.3, -0.25) is 4.55 Å².